The average Bonchev–Trinajstić information content (AvgIpc) is 2.94. The van der Waals surface area contributed by atoms with Crippen LogP contribution in [0.3, 0.4) is 0 Å². The minimum atomic E-state index is -1.67. The minimum Gasteiger partial charge on any atom is -0.323 e. The predicted octanol–water partition coefficient (Wildman–Crippen LogP) is 10.4. The molecule has 2 nitrogen and oxygen atoms in total. The van der Waals surface area contributed by atoms with Crippen LogP contribution in [-0.2, 0) is 52.4 Å². The predicted molar refractivity (Wildman–Crippen MR) is 178 cm³/mol. The zero-order valence-corrected chi connectivity index (χ0v) is 29.3. The molecule has 0 amide bonds. The molecule has 0 saturated heterocycles. The number of carbonyl (C=O) groups excluding carboxylic acids is 1. The van der Waals surface area contributed by atoms with Crippen LogP contribution in [0.4, 0.5) is 0 Å². The summed E-state index contributed by atoms with van der Waals surface area (Å²) < 4.78 is 10.1. The van der Waals surface area contributed by atoms with Crippen molar-refractivity contribution >= 4 is 21.2 Å². The fourth-order valence-corrected chi connectivity index (χ4v) is 4.18. The molecule has 0 atom stereocenters. The molecule has 0 N–H and O–H groups in total. The summed E-state index contributed by atoms with van der Waals surface area (Å²) in [6, 6.07) is 17.4. The van der Waals surface area contributed by atoms with Crippen molar-refractivity contribution in [2.24, 2.45) is 5.41 Å². The normalized spacial score (nSPS) is 14.9. The van der Waals surface area contributed by atoms with E-state index in [4.69, 9.17) is 0 Å². The Hall–Kier alpha value is -0.766. The van der Waals surface area contributed by atoms with Crippen molar-refractivity contribution in [1.82, 2.24) is 0 Å². The molecule has 223 valence electrons. The van der Waals surface area contributed by atoms with Crippen LogP contribution >= 0.6 is 0 Å². The summed E-state index contributed by atoms with van der Waals surface area (Å²) in [7, 11) is -1.67. The number of fused-ring (bicyclic) bond motifs is 3. The van der Waals surface area contributed by atoms with Crippen LogP contribution < -0.4 is 0 Å². The molecule has 0 bridgehead atoms. The van der Waals surface area contributed by atoms with E-state index >= 15 is 0 Å². The van der Waals surface area contributed by atoms with E-state index in [9.17, 15) is 9.00 Å². The Labute approximate surface area is 270 Å². The van der Waals surface area contributed by atoms with Crippen molar-refractivity contribution in [3.63, 3.8) is 0 Å². The summed E-state index contributed by atoms with van der Waals surface area (Å²) in [5.41, 5.74) is 6.54. The molecule has 2 aliphatic carbocycles. The van der Waals surface area contributed by atoms with E-state index in [2.05, 4.69) is 103 Å². The van der Waals surface area contributed by atoms with Gasteiger partial charge < -0.3 is 10.7 Å². The van der Waals surface area contributed by atoms with Crippen LogP contribution in [0.2, 0.25) is 0 Å². The SMILES string of the molecule is C.C.C=S(C)(C)=O.CC(C)=O.CC1(C)CCCCC1.CC1(C)c2ccccc2-c2ccccc21.C[C-](C)C.[Y]. The van der Waals surface area contributed by atoms with E-state index < -0.39 is 9.52 Å². The van der Waals surface area contributed by atoms with Gasteiger partial charge in [0.2, 0.25) is 0 Å². The molecule has 1 radical (unpaired) electrons. The van der Waals surface area contributed by atoms with E-state index in [-0.39, 0.29) is 58.8 Å². The number of ketones is 1. The molecular weight excluding hydrogens is 573 g/mol. The molecule has 0 aromatic heterocycles. The second-order valence-corrected chi connectivity index (χ2v) is 15.2. The van der Waals surface area contributed by atoms with Gasteiger partial charge in [0, 0.05) is 50.6 Å². The van der Waals surface area contributed by atoms with Crippen molar-refractivity contribution in [3.05, 3.63) is 65.6 Å². The Balaban J connectivity index is -0.000000220. The van der Waals surface area contributed by atoms with Gasteiger partial charge >= 0.3 is 0 Å². The van der Waals surface area contributed by atoms with Crippen molar-refractivity contribution in [1.29, 1.82) is 0 Å². The summed E-state index contributed by atoms with van der Waals surface area (Å²) in [5.74, 6) is 4.88. The average molecular weight is 635 g/mol. The first kappa shape index (κ1) is 45.2. The number of hydrogen-bond donors (Lipinski definition) is 0. The number of rotatable bonds is 0. The number of Topliss-reactive ketones (excluding diaryl/α,β-unsaturated/α-hetero) is 1. The Kier molecular flexibility index (Phi) is 24.4. The molecule has 4 heteroatoms. The molecular formula is C35H61O2SY-. The van der Waals surface area contributed by atoms with E-state index in [1.165, 1.54) is 74.1 Å². The molecule has 0 aliphatic heterocycles. The third-order valence-corrected chi connectivity index (χ3v) is 5.70. The summed E-state index contributed by atoms with van der Waals surface area (Å²) in [5, 5.41) is 0. The summed E-state index contributed by atoms with van der Waals surface area (Å²) in [6.07, 6.45) is 10.5. The maximum absolute atomic E-state index is 10.1. The standard InChI is InChI=1S/C15H14.C8H16.C4H9.C3H8OS.C3H6O.2CH4.Y/c1-15(2)13-9-5-3-7-11(13)12-8-4-6-10-14(12)15;1-8(2)6-4-3-5-7-8;1-4(2)3;1-5(2,3)4;1-3(2)4;;;/h3-10H,1-2H3;3-7H2,1-2H3;1-3H3;1H2,2-3H3;1-2H3;2*1H4;/q;;-1;;;;;. The maximum atomic E-state index is 10.1. The largest absolute Gasteiger partial charge is 0.323 e. The third kappa shape index (κ3) is 20.7. The zero-order valence-electron chi connectivity index (χ0n) is 25.7. The van der Waals surface area contributed by atoms with Crippen molar-refractivity contribution < 1.29 is 41.7 Å². The quantitative estimate of drug-likeness (QED) is 0.213. The molecule has 4 rings (SSSR count). The first-order valence-electron chi connectivity index (χ1n) is 13.1. The summed E-state index contributed by atoms with van der Waals surface area (Å²) in [4.78, 5) is 9.44. The first-order valence-corrected chi connectivity index (χ1v) is 15.6. The van der Waals surface area contributed by atoms with Gasteiger partial charge in [-0.2, -0.15) is 20.8 Å². The molecule has 39 heavy (non-hydrogen) atoms. The summed E-state index contributed by atoms with van der Waals surface area (Å²) in [6.45, 7) is 18.7. The fraction of sp³-hybridized carbons (Fsp3) is 0.571. The van der Waals surface area contributed by atoms with Crippen LogP contribution in [0.25, 0.3) is 11.1 Å². The Bertz CT molecular complexity index is 964. The molecule has 0 unspecified atom stereocenters. The van der Waals surface area contributed by atoms with Crippen molar-refractivity contribution in [2.45, 2.75) is 115 Å². The van der Waals surface area contributed by atoms with Gasteiger partial charge in [-0.15, -0.1) is 0 Å². The second kappa shape index (κ2) is 21.0. The number of carbonyl (C=O) groups is 1. The third-order valence-electron chi connectivity index (χ3n) is 5.70. The van der Waals surface area contributed by atoms with Crippen LogP contribution in [0, 0.1) is 11.3 Å². The van der Waals surface area contributed by atoms with Crippen LogP contribution in [0.1, 0.15) is 120 Å². The van der Waals surface area contributed by atoms with Crippen LogP contribution in [-0.4, -0.2) is 28.4 Å². The number of benzene rings is 2. The smallest absolute Gasteiger partial charge is 0.126 e. The molecule has 2 aliphatic rings. The van der Waals surface area contributed by atoms with E-state index in [0.29, 0.717) is 5.41 Å². The van der Waals surface area contributed by atoms with Gasteiger partial charge in [-0.25, -0.2) is 0 Å². The second-order valence-electron chi connectivity index (χ2n) is 12.3. The molecule has 2 aromatic rings. The van der Waals surface area contributed by atoms with Crippen molar-refractivity contribution in [2.75, 3.05) is 12.5 Å². The van der Waals surface area contributed by atoms with Gasteiger partial charge in [-0.05, 0) is 69.8 Å². The monoisotopic (exact) mass is 634 g/mol. The molecule has 1 saturated carbocycles. The first-order chi connectivity index (χ1) is 16.4. The molecule has 2 aromatic carbocycles. The van der Waals surface area contributed by atoms with Crippen LogP contribution in [0.15, 0.2) is 48.5 Å². The summed E-state index contributed by atoms with van der Waals surface area (Å²) >= 11 is 0. The molecule has 0 spiro atoms. The van der Waals surface area contributed by atoms with Gasteiger partial charge in [0.05, 0.1) is 0 Å². The van der Waals surface area contributed by atoms with Gasteiger partial charge in [-0.1, -0.05) is 110 Å². The van der Waals surface area contributed by atoms with E-state index in [1.807, 2.05) is 0 Å². The van der Waals surface area contributed by atoms with Gasteiger partial charge in [0.1, 0.15) is 5.78 Å². The Morgan fingerprint density at radius 1 is 0.769 bits per heavy atom. The van der Waals surface area contributed by atoms with E-state index in [1.54, 1.807) is 12.5 Å². The van der Waals surface area contributed by atoms with E-state index in [0.717, 1.165) is 0 Å². The fourth-order valence-electron chi connectivity index (χ4n) is 4.18. The Morgan fingerprint density at radius 3 is 1.26 bits per heavy atom. The topological polar surface area (TPSA) is 34.1 Å². The number of hydrogen-bond acceptors (Lipinski definition) is 2. The van der Waals surface area contributed by atoms with Crippen molar-refractivity contribution in [3.8, 4) is 11.1 Å². The molecule has 0 heterocycles. The van der Waals surface area contributed by atoms with Gasteiger partial charge in [0.15, 0.2) is 0 Å². The zero-order chi connectivity index (χ0) is 28.2. The Morgan fingerprint density at radius 2 is 1.03 bits per heavy atom. The van der Waals surface area contributed by atoms with Crippen LogP contribution in [0.5, 0.6) is 0 Å². The molecule has 1 fully saturated rings. The minimum absolute atomic E-state index is 0. The maximum Gasteiger partial charge on any atom is 0.126 e. The van der Waals surface area contributed by atoms with Gasteiger partial charge in [-0.3, -0.25) is 4.21 Å². The van der Waals surface area contributed by atoms with Gasteiger partial charge in [0.25, 0.3) is 0 Å².